The fourth-order valence-electron chi connectivity index (χ4n) is 1.02. The lowest BCUT2D eigenvalue weighted by Crippen LogP contribution is -2.27. The molecule has 0 aliphatic carbocycles. The lowest BCUT2D eigenvalue weighted by Gasteiger charge is -2.22. The average molecular weight is 220 g/mol. The molecular formula is C10H15Cl2N. The van der Waals surface area contributed by atoms with E-state index >= 15 is 0 Å². The van der Waals surface area contributed by atoms with E-state index in [2.05, 4.69) is 13.8 Å². The van der Waals surface area contributed by atoms with Crippen LogP contribution in [0, 0.1) is 0 Å². The molecule has 74 valence electrons. The van der Waals surface area contributed by atoms with Crippen molar-refractivity contribution in [3.8, 4) is 0 Å². The molecule has 0 radical (unpaired) electrons. The van der Waals surface area contributed by atoms with E-state index in [-0.39, 0.29) is 17.8 Å². The summed E-state index contributed by atoms with van der Waals surface area (Å²) in [7, 11) is 0. The van der Waals surface area contributed by atoms with Crippen molar-refractivity contribution in [1.29, 1.82) is 0 Å². The van der Waals surface area contributed by atoms with Gasteiger partial charge in [0, 0.05) is 17.0 Å². The van der Waals surface area contributed by atoms with Crippen molar-refractivity contribution in [2.45, 2.75) is 19.3 Å². The number of nitrogens with two attached hydrogens (primary N) is 1. The van der Waals surface area contributed by atoms with E-state index in [0.717, 1.165) is 5.02 Å². The molecule has 3 heteroatoms. The Balaban J connectivity index is 0.00000144. The Morgan fingerprint density at radius 2 is 1.69 bits per heavy atom. The van der Waals surface area contributed by atoms with Crippen LogP contribution < -0.4 is 5.73 Å². The van der Waals surface area contributed by atoms with E-state index in [1.165, 1.54) is 5.56 Å². The number of hydrogen-bond acceptors (Lipinski definition) is 1. The van der Waals surface area contributed by atoms with Gasteiger partial charge >= 0.3 is 0 Å². The zero-order valence-corrected chi connectivity index (χ0v) is 9.45. The smallest absolute Gasteiger partial charge is 0.0406 e. The first-order chi connectivity index (χ1) is 5.56. The summed E-state index contributed by atoms with van der Waals surface area (Å²) in [5, 5.41) is 0.770. The van der Waals surface area contributed by atoms with Gasteiger partial charge in [-0.05, 0) is 17.7 Å². The second kappa shape index (κ2) is 4.85. The van der Waals surface area contributed by atoms with Crippen molar-refractivity contribution in [1.82, 2.24) is 0 Å². The molecule has 1 nitrogen and oxygen atoms in total. The van der Waals surface area contributed by atoms with Gasteiger partial charge in [0.25, 0.3) is 0 Å². The van der Waals surface area contributed by atoms with Crippen molar-refractivity contribution in [3.05, 3.63) is 34.9 Å². The topological polar surface area (TPSA) is 26.0 Å². The van der Waals surface area contributed by atoms with Crippen molar-refractivity contribution >= 4 is 24.0 Å². The summed E-state index contributed by atoms with van der Waals surface area (Å²) < 4.78 is 0. The summed E-state index contributed by atoms with van der Waals surface area (Å²) in [5.41, 5.74) is 6.92. The summed E-state index contributed by atoms with van der Waals surface area (Å²) in [6.07, 6.45) is 0. The molecule has 0 amide bonds. The largest absolute Gasteiger partial charge is 0.330 e. The van der Waals surface area contributed by atoms with E-state index in [0.29, 0.717) is 6.54 Å². The quantitative estimate of drug-likeness (QED) is 0.814. The van der Waals surface area contributed by atoms with Gasteiger partial charge in [0.2, 0.25) is 0 Å². The van der Waals surface area contributed by atoms with Crippen LogP contribution in [-0.2, 0) is 5.41 Å². The van der Waals surface area contributed by atoms with Crippen LogP contribution in [0.25, 0.3) is 0 Å². The maximum atomic E-state index is 5.77. The van der Waals surface area contributed by atoms with Gasteiger partial charge in [0.05, 0.1) is 0 Å². The number of benzene rings is 1. The molecule has 0 saturated heterocycles. The van der Waals surface area contributed by atoms with Crippen LogP contribution in [0.1, 0.15) is 19.4 Å². The number of hydrogen-bond donors (Lipinski definition) is 1. The van der Waals surface area contributed by atoms with Crippen molar-refractivity contribution < 1.29 is 0 Å². The molecule has 0 spiro atoms. The summed E-state index contributed by atoms with van der Waals surface area (Å²) in [5.74, 6) is 0. The minimum atomic E-state index is 0. The van der Waals surface area contributed by atoms with Gasteiger partial charge in [0.1, 0.15) is 0 Å². The van der Waals surface area contributed by atoms with Gasteiger partial charge in [-0.2, -0.15) is 0 Å². The monoisotopic (exact) mass is 219 g/mol. The van der Waals surface area contributed by atoms with Crippen molar-refractivity contribution in [2.24, 2.45) is 5.73 Å². The second-order valence-corrected chi connectivity index (χ2v) is 4.03. The molecular weight excluding hydrogens is 205 g/mol. The maximum absolute atomic E-state index is 5.77. The van der Waals surface area contributed by atoms with E-state index in [4.69, 9.17) is 17.3 Å². The highest BCUT2D eigenvalue weighted by Gasteiger charge is 2.17. The van der Waals surface area contributed by atoms with Crippen LogP contribution in [-0.4, -0.2) is 6.54 Å². The third-order valence-corrected chi connectivity index (χ3v) is 2.39. The highest BCUT2D eigenvalue weighted by molar-refractivity contribution is 6.30. The molecule has 0 bridgehead atoms. The van der Waals surface area contributed by atoms with Gasteiger partial charge in [-0.1, -0.05) is 37.6 Å². The van der Waals surface area contributed by atoms with Gasteiger partial charge < -0.3 is 5.73 Å². The number of rotatable bonds is 2. The third-order valence-electron chi connectivity index (χ3n) is 2.14. The van der Waals surface area contributed by atoms with Crippen LogP contribution in [0.2, 0.25) is 5.02 Å². The Kier molecular flexibility index (Phi) is 4.76. The van der Waals surface area contributed by atoms with Crippen LogP contribution in [0.3, 0.4) is 0 Å². The Hall–Kier alpha value is -0.240. The summed E-state index contributed by atoms with van der Waals surface area (Å²) in [6.45, 7) is 4.89. The molecule has 0 heterocycles. The summed E-state index contributed by atoms with van der Waals surface area (Å²) in [6, 6.07) is 7.84. The molecule has 0 aromatic heterocycles. The first kappa shape index (κ1) is 12.8. The van der Waals surface area contributed by atoms with Crippen LogP contribution in [0.15, 0.2) is 24.3 Å². The minimum Gasteiger partial charge on any atom is -0.330 e. The molecule has 0 aliphatic heterocycles. The minimum absolute atomic E-state index is 0. The molecule has 13 heavy (non-hydrogen) atoms. The fraction of sp³-hybridized carbons (Fsp3) is 0.400. The highest BCUT2D eigenvalue weighted by Crippen LogP contribution is 2.22. The molecule has 2 N–H and O–H groups in total. The number of halogens is 2. The van der Waals surface area contributed by atoms with Crippen molar-refractivity contribution in [3.63, 3.8) is 0 Å². The molecule has 0 aliphatic rings. The molecule has 1 aromatic rings. The molecule has 1 rings (SSSR count). The van der Waals surface area contributed by atoms with E-state index in [1.807, 2.05) is 24.3 Å². The SMILES string of the molecule is CC(C)(CN)c1ccc(Cl)cc1.Cl. The Bertz CT molecular complexity index is 254. The Labute approximate surface area is 90.7 Å². The molecule has 0 unspecified atom stereocenters. The highest BCUT2D eigenvalue weighted by atomic mass is 35.5. The molecule has 0 fully saturated rings. The third kappa shape index (κ3) is 3.18. The lowest BCUT2D eigenvalue weighted by molar-refractivity contribution is 0.539. The van der Waals surface area contributed by atoms with Gasteiger partial charge in [-0.25, -0.2) is 0 Å². The fourth-order valence-corrected chi connectivity index (χ4v) is 1.14. The average Bonchev–Trinajstić information content (AvgIpc) is 2.05. The van der Waals surface area contributed by atoms with Crippen LogP contribution in [0.4, 0.5) is 0 Å². The summed E-state index contributed by atoms with van der Waals surface area (Å²) >= 11 is 5.77. The van der Waals surface area contributed by atoms with E-state index in [9.17, 15) is 0 Å². The Morgan fingerprint density at radius 3 is 2.08 bits per heavy atom. The first-order valence-electron chi connectivity index (χ1n) is 4.02. The van der Waals surface area contributed by atoms with E-state index < -0.39 is 0 Å². The zero-order chi connectivity index (χ0) is 9.19. The van der Waals surface area contributed by atoms with Gasteiger partial charge in [-0.3, -0.25) is 0 Å². The molecule has 1 aromatic carbocycles. The normalized spacial score (nSPS) is 10.8. The predicted octanol–water partition coefficient (Wildman–Crippen LogP) is 3.00. The Morgan fingerprint density at radius 1 is 1.23 bits per heavy atom. The second-order valence-electron chi connectivity index (χ2n) is 3.59. The standard InChI is InChI=1S/C10H14ClN.ClH/c1-10(2,7-12)8-3-5-9(11)6-4-8;/h3-6H,7,12H2,1-2H3;1H. The summed E-state index contributed by atoms with van der Waals surface area (Å²) in [4.78, 5) is 0. The van der Waals surface area contributed by atoms with Crippen LogP contribution >= 0.6 is 24.0 Å². The lowest BCUT2D eigenvalue weighted by atomic mass is 9.85. The maximum Gasteiger partial charge on any atom is 0.0406 e. The van der Waals surface area contributed by atoms with E-state index in [1.54, 1.807) is 0 Å². The predicted molar refractivity (Wildman–Crippen MR) is 60.8 cm³/mol. The van der Waals surface area contributed by atoms with Gasteiger partial charge in [-0.15, -0.1) is 12.4 Å². The van der Waals surface area contributed by atoms with Gasteiger partial charge in [0.15, 0.2) is 0 Å². The molecule has 0 atom stereocenters. The van der Waals surface area contributed by atoms with Crippen LogP contribution in [0.5, 0.6) is 0 Å². The zero-order valence-electron chi connectivity index (χ0n) is 7.88. The van der Waals surface area contributed by atoms with Crippen molar-refractivity contribution in [2.75, 3.05) is 6.54 Å². The molecule has 0 saturated carbocycles. The first-order valence-corrected chi connectivity index (χ1v) is 4.40.